The maximum absolute atomic E-state index is 10.3. The summed E-state index contributed by atoms with van der Waals surface area (Å²) in [5.74, 6) is 3.15. The maximum Gasteiger partial charge on any atom is 0.0573 e. The molecule has 0 heterocycles. The van der Waals surface area contributed by atoms with Gasteiger partial charge in [0.2, 0.25) is 0 Å². The number of hydrogen-bond acceptors (Lipinski definition) is 1. The molecule has 5 atom stereocenters. The standard InChI is InChI=1S/C18H34O/c1-13(2)7-5-8-14(3)15-10-11-16-17(19)9-6-12-18(15,16)4/h13-17,19H,5-12H2,1-4H3/t14?,15?,16?,17-,18+/m0/s1. The van der Waals surface area contributed by atoms with Gasteiger partial charge in [0.15, 0.2) is 0 Å². The average Bonchev–Trinajstić information content (AvgIpc) is 2.67. The predicted octanol–water partition coefficient (Wildman–Crippen LogP) is 5.03. The van der Waals surface area contributed by atoms with Gasteiger partial charge in [0, 0.05) is 0 Å². The predicted molar refractivity (Wildman–Crippen MR) is 82.0 cm³/mol. The summed E-state index contributed by atoms with van der Waals surface area (Å²) in [4.78, 5) is 0. The zero-order chi connectivity index (χ0) is 14.0. The third-order valence-electron chi connectivity index (χ3n) is 6.29. The molecule has 1 N–H and O–H groups in total. The quantitative estimate of drug-likeness (QED) is 0.740. The SMILES string of the molecule is CC(C)CCCC(C)C1CCC2[C@@H](O)CCC[C@]12C. The highest BCUT2D eigenvalue weighted by Crippen LogP contribution is 2.58. The Morgan fingerprint density at radius 2 is 1.84 bits per heavy atom. The Bertz CT molecular complexity index is 285. The lowest BCUT2D eigenvalue weighted by Gasteiger charge is -2.45. The number of hydrogen-bond donors (Lipinski definition) is 1. The molecule has 2 aliphatic carbocycles. The number of aliphatic hydroxyl groups is 1. The summed E-state index contributed by atoms with van der Waals surface area (Å²) in [6.45, 7) is 9.61. The van der Waals surface area contributed by atoms with E-state index in [2.05, 4.69) is 27.7 Å². The Labute approximate surface area is 120 Å². The molecule has 2 saturated carbocycles. The minimum atomic E-state index is -0.00776. The highest BCUT2D eigenvalue weighted by Gasteiger charge is 2.51. The maximum atomic E-state index is 10.3. The molecule has 0 aromatic heterocycles. The molecule has 19 heavy (non-hydrogen) atoms. The summed E-state index contributed by atoms with van der Waals surface area (Å²) in [5.41, 5.74) is 0.439. The van der Waals surface area contributed by atoms with E-state index in [0.717, 1.165) is 24.2 Å². The molecule has 1 nitrogen and oxygen atoms in total. The van der Waals surface area contributed by atoms with E-state index < -0.39 is 0 Å². The summed E-state index contributed by atoms with van der Waals surface area (Å²) in [5, 5.41) is 10.3. The molecule has 0 amide bonds. The van der Waals surface area contributed by atoms with Crippen LogP contribution >= 0.6 is 0 Å². The smallest absolute Gasteiger partial charge is 0.0573 e. The largest absolute Gasteiger partial charge is 0.393 e. The van der Waals surface area contributed by atoms with Gasteiger partial charge in [-0.05, 0) is 54.8 Å². The van der Waals surface area contributed by atoms with E-state index in [1.54, 1.807) is 0 Å². The van der Waals surface area contributed by atoms with Crippen molar-refractivity contribution < 1.29 is 5.11 Å². The van der Waals surface area contributed by atoms with Crippen molar-refractivity contribution in [1.82, 2.24) is 0 Å². The average molecular weight is 266 g/mol. The van der Waals surface area contributed by atoms with E-state index in [4.69, 9.17) is 0 Å². The normalized spacial score (nSPS) is 40.4. The van der Waals surface area contributed by atoms with Crippen LogP contribution < -0.4 is 0 Å². The number of fused-ring (bicyclic) bond motifs is 1. The Kier molecular flexibility index (Phi) is 4.98. The Balaban J connectivity index is 1.93. The lowest BCUT2D eigenvalue weighted by molar-refractivity contribution is -0.0278. The second-order valence-corrected chi connectivity index (χ2v) is 8.06. The highest BCUT2D eigenvalue weighted by molar-refractivity contribution is 5.01. The van der Waals surface area contributed by atoms with Crippen LogP contribution in [0.3, 0.4) is 0 Å². The molecule has 0 aliphatic heterocycles. The number of rotatable bonds is 5. The van der Waals surface area contributed by atoms with Crippen molar-refractivity contribution in [3.8, 4) is 0 Å². The molecule has 0 bridgehead atoms. The summed E-state index contributed by atoms with van der Waals surface area (Å²) >= 11 is 0. The number of aliphatic hydroxyl groups excluding tert-OH is 1. The molecule has 1 heteroatoms. The van der Waals surface area contributed by atoms with Crippen LogP contribution in [0.2, 0.25) is 0 Å². The van der Waals surface area contributed by atoms with Gasteiger partial charge in [0.1, 0.15) is 0 Å². The van der Waals surface area contributed by atoms with Crippen LogP contribution in [0.15, 0.2) is 0 Å². The zero-order valence-corrected chi connectivity index (χ0v) is 13.5. The molecule has 0 aromatic rings. The van der Waals surface area contributed by atoms with E-state index in [1.165, 1.54) is 44.9 Å². The Morgan fingerprint density at radius 1 is 1.11 bits per heavy atom. The van der Waals surface area contributed by atoms with Crippen LogP contribution in [0.4, 0.5) is 0 Å². The highest BCUT2D eigenvalue weighted by atomic mass is 16.3. The minimum Gasteiger partial charge on any atom is -0.393 e. The summed E-state index contributed by atoms with van der Waals surface area (Å²) in [7, 11) is 0. The van der Waals surface area contributed by atoms with Crippen LogP contribution in [0.1, 0.15) is 79.1 Å². The van der Waals surface area contributed by atoms with Gasteiger partial charge >= 0.3 is 0 Å². The van der Waals surface area contributed by atoms with Gasteiger partial charge in [0.05, 0.1) is 6.10 Å². The van der Waals surface area contributed by atoms with Crippen LogP contribution in [-0.2, 0) is 0 Å². The molecule has 112 valence electrons. The zero-order valence-electron chi connectivity index (χ0n) is 13.5. The molecular formula is C18H34O. The van der Waals surface area contributed by atoms with Gasteiger partial charge in [-0.25, -0.2) is 0 Å². The first-order valence-corrected chi connectivity index (χ1v) is 8.63. The third kappa shape index (κ3) is 3.17. The third-order valence-corrected chi connectivity index (χ3v) is 6.29. The fraction of sp³-hybridized carbons (Fsp3) is 1.00. The van der Waals surface area contributed by atoms with Gasteiger partial charge < -0.3 is 5.11 Å². The molecule has 0 spiro atoms. The van der Waals surface area contributed by atoms with Crippen LogP contribution in [0.25, 0.3) is 0 Å². The van der Waals surface area contributed by atoms with E-state index in [0.29, 0.717) is 11.3 Å². The first-order chi connectivity index (χ1) is 8.95. The van der Waals surface area contributed by atoms with Crippen molar-refractivity contribution in [2.24, 2.45) is 29.1 Å². The van der Waals surface area contributed by atoms with Crippen LogP contribution in [-0.4, -0.2) is 11.2 Å². The van der Waals surface area contributed by atoms with E-state index in [1.807, 2.05) is 0 Å². The summed E-state index contributed by atoms with van der Waals surface area (Å²) < 4.78 is 0. The van der Waals surface area contributed by atoms with Gasteiger partial charge in [-0.3, -0.25) is 0 Å². The molecule has 3 unspecified atom stereocenters. The van der Waals surface area contributed by atoms with E-state index in [9.17, 15) is 5.11 Å². The van der Waals surface area contributed by atoms with E-state index >= 15 is 0 Å². The van der Waals surface area contributed by atoms with Crippen LogP contribution in [0, 0.1) is 29.1 Å². The monoisotopic (exact) mass is 266 g/mol. The van der Waals surface area contributed by atoms with Gasteiger partial charge in [-0.15, -0.1) is 0 Å². The lowest BCUT2D eigenvalue weighted by Crippen LogP contribution is -2.41. The molecule has 2 fully saturated rings. The fourth-order valence-electron chi connectivity index (χ4n) is 5.17. The first kappa shape index (κ1) is 15.4. The molecule has 0 aromatic carbocycles. The van der Waals surface area contributed by atoms with Crippen molar-refractivity contribution in [3.63, 3.8) is 0 Å². The fourth-order valence-corrected chi connectivity index (χ4v) is 5.17. The van der Waals surface area contributed by atoms with Crippen molar-refractivity contribution in [2.45, 2.75) is 85.2 Å². The van der Waals surface area contributed by atoms with Gasteiger partial charge in [0.25, 0.3) is 0 Å². The van der Waals surface area contributed by atoms with Crippen molar-refractivity contribution >= 4 is 0 Å². The van der Waals surface area contributed by atoms with Gasteiger partial charge in [-0.2, -0.15) is 0 Å². The minimum absolute atomic E-state index is 0.00776. The van der Waals surface area contributed by atoms with Crippen molar-refractivity contribution in [3.05, 3.63) is 0 Å². The van der Waals surface area contributed by atoms with Crippen molar-refractivity contribution in [1.29, 1.82) is 0 Å². The molecule has 2 rings (SSSR count). The molecule has 0 radical (unpaired) electrons. The summed E-state index contributed by atoms with van der Waals surface area (Å²) in [6, 6.07) is 0. The molecular weight excluding hydrogens is 232 g/mol. The Morgan fingerprint density at radius 3 is 2.53 bits per heavy atom. The van der Waals surface area contributed by atoms with Gasteiger partial charge in [-0.1, -0.05) is 53.4 Å². The topological polar surface area (TPSA) is 20.2 Å². The molecule has 0 saturated heterocycles. The second kappa shape index (κ2) is 6.16. The summed E-state index contributed by atoms with van der Waals surface area (Å²) in [6.07, 6.45) is 10.4. The lowest BCUT2D eigenvalue weighted by atomic mass is 9.61. The van der Waals surface area contributed by atoms with E-state index in [-0.39, 0.29) is 6.10 Å². The molecule has 2 aliphatic rings. The first-order valence-electron chi connectivity index (χ1n) is 8.63. The Hall–Kier alpha value is -0.0400. The second-order valence-electron chi connectivity index (χ2n) is 8.06. The van der Waals surface area contributed by atoms with Crippen molar-refractivity contribution in [2.75, 3.05) is 0 Å². The van der Waals surface area contributed by atoms with Crippen LogP contribution in [0.5, 0.6) is 0 Å².